The van der Waals surface area contributed by atoms with Crippen molar-refractivity contribution in [3.8, 4) is 11.6 Å². The van der Waals surface area contributed by atoms with Gasteiger partial charge in [-0.25, -0.2) is 4.98 Å². The predicted octanol–water partition coefficient (Wildman–Crippen LogP) is 6.97. The summed E-state index contributed by atoms with van der Waals surface area (Å²) < 4.78 is 6.29. The molecule has 0 spiro atoms. The molecule has 0 aliphatic carbocycles. The average molecular weight is 565 g/mol. The maximum atomic E-state index is 13.5. The Morgan fingerprint density at radius 3 is 2.29 bits per heavy atom. The third kappa shape index (κ3) is 6.71. The van der Waals surface area contributed by atoms with Gasteiger partial charge in [0.25, 0.3) is 5.91 Å². The smallest absolute Gasteiger partial charge is 0.262 e. The Kier molecular flexibility index (Phi) is 9.03. The van der Waals surface area contributed by atoms with Gasteiger partial charge in [0.05, 0.1) is 0 Å². The molecule has 8 nitrogen and oxygen atoms in total. The molecule has 1 aliphatic heterocycles. The van der Waals surface area contributed by atoms with Crippen LogP contribution in [0.25, 0.3) is 0 Å². The van der Waals surface area contributed by atoms with E-state index in [1.54, 1.807) is 0 Å². The van der Waals surface area contributed by atoms with Gasteiger partial charge in [-0.15, -0.1) is 0 Å². The zero-order chi connectivity index (χ0) is 29.6. The molecule has 1 amide bonds. The van der Waals surface area contributed by atoms with E-state index in [0.29, 0.717) is 17.7 Å². The van der Waals surface area contributed by atoms with Crippen molar-refractivity contribution < 1.29 is 9.53 Å². The highest BCUT2D eigenvalue weighted by atomic mass is 16.5. The zero-order valence-electron chi connectivity index (χ0n) is 25.1. The van der Waals surface area contributed by atoms with Gasteiger partial charge in [0.15, 0.2) is 0 Å². The third-order valence-electron chi connectivity index (χ3n) is 7.81. The normalized spacial score (nSPS) is 13.7. The minimum absolute atomic E-state index is 0.191. The first-order chi connectivity index (χ1) is 20.3. The summed E-state index contributed by atoms with van der Waals surface area (Å²) in [5.41, 5.74) is 6.06. The lowest BCUT2D eigenvalue weighted by Gasteiger charge is -2.38. The number of hydrogen-bond acceptors (Lipinski definition) is 7. The van der Waals surface area contributed by atoms with E-state index in [2.05, 4.69) is 63.3 Å². The second-order valence-electron chi connectivity index (χ2n) is 11.0. The average Bonchev–Trinajstić information content (AvgIpc) is 3.00. The van der Waals surface area contributed by atoms with Crippen LogP contribution in [0.5, 0.6) is 11.6 Å². The molecule has 0 atom stereocenters. The third-order valence-corrected chi connectivity index (χ3v) is 7.81. The second kappa shape index (κ2) is 13.0. The lowest BCUT2D eigenvalue weighted by Crippen LogP contribution is -2.48. The maximum Gasteiger partial charge on any atom is 0.262 e. The Morgan fingerprint density at radius 2 is 1.62 bits per heavy atom. The fourth-order valence-corrected chi connectivity index (χ4v) is 5.23. The second-order valence-corrected chi connectivity index (χ2v) is 11.0. The molecular weight excluding hydrogens is 524 g/mol. The Hall–Kier alpha value is -4.43. The minimum Gasteiger partial charge on any atom is -0.438 e. The monoisotopic (exact) mass is 564 g/mol. The van der Waals surface area contributed by atoms with E-state index in [0.717, 1.165) is 60.7 Å². The van der Waals surface area contributed by atoms with Crippen molar-refractivity contribution in [3.05, 3.63) is 95.2 Å². The molecule has 0 bridgehead atoms. The van der Waals surface area contributed by atoms with Crippen molar-refractivity contribution in [1.29, 1.82) is 0 Å². The summed E-state index contributed by atoms with van der Waals surface area (Å²) in [4.78, 5) is 27.6. The van der Waals surface area contributed by atoms with Gasteiger partial charge in [-0.05, 0) is 81.1 Å². The Balaban J connectivity index is 1.38. The SMILES string of the molecule is CCc1ccccc1Oc1nc(Nc2ccc(N3CCN(C(C)C)CC3)cc2)ncc1C(=O)Nc1c(C)cccc1C. The molecule has 1 aromatic heterocycles. The fourth-order valence-electron chi connectivity index (χ4n) is 5.23. The van der Waals surface area contributed by atoms with Gasteiger partial charge in [0.2, 0.25) is 11.8 Å². The molecule has 2 N–H and O–H groups in total. The summed E-state index contributed by atoms with van der Waals surface area (Å²) in [6, 6.07) is 22.6. The van der Waals surface area contributed by atoms with Gasteiger partial charge in [0, 0.05) is 55.5 Å². The van der Waals surface area contributed by atoms with E-state index < -0.39 is 0 Å². The van der Waals surface area contributed by atoms with Crippen LogP contribution in [-0.4, -0.2) is 53.0 Å². The number of hydrogen-bond donors (Lipinski definition) is 2. The fraction of sp³-hybridized carbons (Fsp3) is 0.324. The van der Waals surface area contributed by atoms with Crippen molar-refractivity contribution in [1.82, 2.24) is 14.9 Å². The van der Waals surface area contributed by atoms with E-state index in [-0.39, 0.29) is 17.4 Å². The van der Waals surface area contributed by atoms with Gasteiger partial charge < -0.3 is 20.3 Å². The van der Waals surface area contributed by atoms with E-state index in [1.165, 1.54) is 11.9 Å². The molecular formula is C34H40N6O2. The molecule has 8 heteroatoms. The highest BCUT2D eigenvalue weighted by Gasteiger charge is 2.21. The van der Waals surface area contributed by atoms with E-state index in [1.807, 2.05) is 68.4 Å². The van der Waals surface area contributed by atoms with Crippen LogP contribution in [0.4, 0.5) is 23.0 Å². The largest absolute Gasteiger partial charge is 0.438 e. The maximum absolute atomic E-state index is 13.5. The summed E-state index contributed by atoms with van der Waals surface area (Å²) >= 11 is 0. The number of anilines is 4. The number of amides is 1. The number of aryl methyl sites for hydroxylation is 3. The highest BCUT2D eigenvalue weighted by molar-refractivity contribution is 6.06. The first-order valence-electron chi connectivity index (χ1n) is 14.7. The molecule has 218 valence electrons. The molecule has 0 unspecified atom stereocenters. The molecule has 1 aliphatic rings. The number of para-hydroxylation sites is 2. The van der Waals surface area contributed by atoms with Crippen LogP contribution in [-0.2, 0) is 6.42 Å². The molecule has 0 radical (unpaired) electrons. The number of aromatic nitrogens is 2. The summed E-state index contributed by atoms with van der Waals surface area (Å²) in [5, 5.41) is 6.32. The van der Waals surface area contributed by atoms with Crippen LogP contribution in [0.15, 0.2) is 72.9 Å². The molecule has 1 saturated heterocycles. The van der Waals surface area contributed by atoms with Crippen LogP contribution < -0.4 is 20.3 Å². The number of nitrogens with one attached hydrogen (secondary N) is 2. The van der Waals surface area contributed by atoms with Crippen LogP contribution in [0.3, 0.4) is 0 Å². The number of carbonyl (C=O) groups excluding carboxylic acids is 1. The Bertz CT molecular complexity index is 1510. The predicted molar refractivity (Wildman–Crippen MR) is 170 cm³/mol. The van der Waals surface area contributed by atoms with Crippen molar-refractivity contribution >= 4 is 28.9 Å². The van der Waals surface area contributed by atoms with Crippen molar-refractivity contribution in [2.45, 2.75) is 47.1 Å². The topological polar surface area (TPSA) is 82.6 Å². The first-order valence-corrected chi connectivity index (χ1v) is 14.7. The highest BCUT2D eigenvalue weighted by Crippen LogP contribution is 2.30. The van der Waals surface area contributed by atoms with Gasteiger partial charge in [-0.3, -0.25) is 9.69 Å². The van der Waals surface area contributed by atoms with Crippen LogP contribution in [0.1, 0.15) is 47.8 Å². The van der Waals surface area contributed by atoms with Crippen molar-refractivity contribution in [2.24, 2.45) is 0 Å². The number of nitrogens with zero attached hydrogens (tertiary/aromatic N) is 4. The summed E-state index contributed by atoms with van der Waals surface area (Å²) in [5.74, 6) is 0.871. The zero-order valence-corrected chi connectivity index (χ0v) is 25.1. The summed E-state index contributed by atoms with van der Waals surface area (Å²) in [6.07, 6.45) is 2.31. The molecule has 0 saturated carbocycles. The number of ether oxygens (including phenoxy) is 1. The van der Waals surface area contributed by atoms with Crippen molar-refractivity contribution in [3.63, 3.8) is 0 Å². The standard InChI is InChI=1S/C34H40N6O2/c1-6-26-12-7-8-13-30(26)42-33-29(32(41)37-31-24(4)10-9-11-25(31)5)22-35-34(38-33)36-27-14-16-28(17-15-27)40-20-18-39(19-21-40)23(2)3/h7-17,22-23H,6,18-21H2,1-5H3,(H,37,41)(H,35,36,38). The summed E-state index contributed by atoms with van der Waals surface area (Å²) in [7, 11) is 0. The lowest BCUT2D eigenvalue weighted by atomic mass is 10.1. The Morgan fingerprint density at radius 1 is 0.929 bits per heavy atom. The minimum atomic E-state index is -0.329. The molecule has 1 fully saturated rings. The van der Waals surface area contributed by atoms with E-state index in [9.17, 15) is 4.79 Å². The van der Waals surface area contributed by atoms with Crippen LogP contribution >= 0.6 is 0 Å². The van der Waals surface area contributed by atoms with Gasteiger partial charge >= 0.3 is 0 Å². The number of benzene rings is 3. The first kappa shape index (κ1) is 29.1. The summed E-state index contributed by atoms with van der Waals surface area (Å²) in [6.45, 7) is 14.7. The van der Waals surface area contributed by atoms with Gasteiger partial charge in [-0.2, -0.15) is 4.98 Å². The molecule has 4 aromatic rings. The lowest BCUT2D eigenvalue weighted by molar-refractivity contribution is 0.102. The molecule has 42 heavy (non-hydrogen) atoms. The van der Waals surface area contributed by atoms with Crippen molar-refractivity contribution in [2.75, 3.05) is 41.7 Å². The number of carbonyl (C=O) groups is 1. The number of piperazine rings is 1. The van der Waals surface area contributed by atoms with Gasteiger partial charge in [-0.1, -0.05) is 43.3 Å². The molecule has 2 heterocycles. The number of rotatable bonds is 9. The van der Waals surface area contributed by atoms with E-state index in [4.69, 9.17) is 4.74 Å². The van der Waals surface area contributed by atoms with Crippen LogP contribution in [0, 0.1) is 13.8 Å². The molecule has 5 rings (SSSR count). The van der Waals surface area contributed by atoms with Gasteiger partial charge in [0.1, 0.15) is 11.3 Å². The quantitative estimate of drug-likeness (QED) is 0.227. The Labute approximate surface area is 248 Å². The van der Waals surface area contributed by atoms with Crippen LogP contribution in [0.2, 0.25) is 0 Å². The van der Waals surface area contributed by atoms with E-state index >= 15 is 0 Å². The molecule has 3 aromatic carbocycles.